The topological polar surface area (TPSA) is 52.6 Å². The number of rotatable bonds is 34. The average molecular weight is 639 g/mol. The molecule has 0 heterocycles. The fourth-order valence-electron chi connectivity index (χ4n) is 5.29. The maximum atomic E-state index is 12.2. The molecule has 0 aliphatic heterocycles. The smallest absolute Gasteiger partial charge is 0.306 e. The summed E-state index contributed by atoms with van der Waals surface area (Å²) in [7, 11) is 0. The Kier molecular flexibility index (Phi) is 35.1. The molecular weight excluding hydrogens is 568 g/mol. The molecule has 0 saturated carbocycles. The number of halogens is 1. The van der Waals surface area contributed by atoms with Crippen LogP contribution in [0.3, 0.4) is 0 Å². The Morgan fingerprint density at radius 2 is 0.841 bits per heavy atom. The molecule has 0 spiro atoms. The van der Waals surface area contributed by atoms with Gasteiger partial charge >= 0.3 is 11.9 Å². The first-order valence-electron chi connectivity index (χ1n) is 18.8. The molecule has 0 fully saturated rings. The van der Waals surface area contributed by atoms with Gasteiger partial charge in [-0.3, -0.25) is 9.59 Å². The van der Waals surface area contributed by atoms with E-state index in [9.17, 15) is 9.59 Å². The average Bonchev–Trinajstić information content (AvgIpc) is 3.02. The molecular formula is C39H71ClO4. The van der Waals surface area contributed by atoms with Crippen LogP contribution in [0.15, 0.2) is 24.3 Å². The third-order valence-corrected chi connectivity index (χ3v) is 8.53. The molecule has 0 saturated heterocycles. The Balaban J connectivity index is 3.58. The summed E-state index contributed by atoms with van der Waals surface area (Å²) in [5.74, 6) is -0.341. The van der Waals surface area contributed by atoms with E-state index in [0.29, 0.717) is 12.8 Å². The highest BCUT2D eigenvalue weighted by Crippen LogP contribution is 2.13. The largest absolute Gasteiger partial charge is 0.462 e. The Morgan fingerprint density at radius 3 is 1.23 bits per heavy atom. The van der Waals surface area contributed by atoms with Crippen molar-refractivity contribution in [3.05, 3.63) is 24.3 Å². The maximum Gasteiger partial charge on any atom is 0.306 e. The highest BCUT2D eigenvalue weighted by Gasteiger charge is 2.16. The summed E-state index contributed by atoms with van der Waals surface area (Å²) in [6.07, 6.45) is 41.5. The summed E-state index contributed by atoms with van der Waals surface area (Å²) >= 11 is 5.96. The van der Waals surface area contributed by atoms with Crippen molar-refractivity contribution < 1.29 is 19.1 Å². The van der Waals surface area contributed by atoms with Gasteiger partial charge < -0.3 is 9.47 Å². The molecule has 44 heavy (non-hydrogen) atoms. The Labute approximate surface area is 278 Å². The molecule has 258 valence electrons. The minimum Gasteiger partial charge on any atom is -0.462 e. The summed E-state index contributed by atoms with van der Waals surface area (Å²) in [6, 6.07) is 0. The molecule has 0 rings (SSSR count). The van der Waals surface area contributed by atoms with Crippen LogP contribution >= 0.6 is 11.6 Å². The zero-order chi connectivity index (χ0) is 32.2. The number of carbonyl (C=O) groups is 2. The molecule has 0 aromatic heterocycles. The molecule has 1 atom stereocenters. The van der Waals surface area contributed by atoms with Crippen molar-refractivity contribution >= 4 is 23.5 Å². The molecule has 0 N–H and O–H groups in total. The van der Waals surface area contributed by atoms with Crippen LogP contribution in [-0.4, -0.2) is 30.5 Å². The monoisotopic (exact) mass is 639 g/mol. The molecule has 4 nitrogen and oxygen atoms in total. The normalized spacial score (nSPS) is 12.3. The number of ether oxygens (including phenoxy) is 2. The first-order valence-corrected chi connectivity index (χ1v) is 19.4. The molecule has 0 aromatic carbocycles. The van der Waals surface area contributed by atoms with E-state index in [1.165, 1.54) is 116 Å². The molecule has 0 unspecified atom stereocenters. The lowest BCUT2D eigenvalue weighted by Gasteiger charge is -2.15. The third-order valence-electron chi connectivity index (χ3n) is 8.19. The Bertz CT molecular complexity index is 675. The van der Waals surface area contributed by atoms with E-state index in [1.54, 1.807) is 0 Å². The van der Waals surface area contributed by atoms with Gasteiger partial charge in [-0.15, -0.1) is 11.6 Å². The van der Waals surface area contributed by atoms with E-state index in [1.807, 2.05) is 0 Å². The van der Waals surface area contributed by atoms with Crippen molar-refractivity contribution in [2.45, 2.75) is 200 Å². The lowest BCUT2D eigenvalue weighted by Crippen LogP contribution is -2.26. The predicted molar refractivity (Wildman–Crippen MR) is 190 cm³/mol. The molecule has 0 bridgehead atoms. The Morgan fingerprint density at radius 1 is 0.500 bits per heavy atom. The van der Waals surface area contributed by atoms with Crippen LogP contribution in [0.5, 0.6) is 0 Å². The SMILES string of the molecule is CCCCCCCC/C=C/CCCCCCCC(=O)OC[C@H](CCl)OC(=O)CCCCCCC/C=C/CCCCCCCC. The summed E-state index contributed by atoms with van der Waals surface area (Å²) < 4.78 is 10.8. The minimum atomic E-state index is -0.564. The van der Waals surface area contributed by atoms with Gasteiger partial charge in [-0.2, -0.15) is 0 Å². The van der Waals surface area contributed by atoms with E-state index >= 15 is 0 Å². The fourth-order valence-corrected chi connectivity index (χ4v) is 5.45. The maximum absolute atomic E-state index is 12.2. The number of alkyl halides is 1. The van der Waals surface area contributed by atoms with Gasteiger partial charge in [-0.25, -0.2) is 0 Å². The van der Waals surface area contributed by atoms with Crippen LogP contribution in [-0.2, 0) is 19.1 Å². The van der Waals surface area contributed by atoms with Crippen molar-refractivity contribution in [2.24, 2.45) is 0 Å². The van der Waals surface area contributed by atoms with Crippen LogP contribution in [0.25, 0.3) is 0 Å². The number of carbonyl (C=O) groups excluding carboxylic acids is 2. The molecule has 5 heteroatoms. The third kappa shape index (κ3) is 33.6. The standard InChI is InChI=1S/C39H71ClO4/c1-3-5-7-9-11-13-15-17-19-21-23-25-27-29-31-33-38(41)43-36-37(35-40)44-39(42)34-32-30-28-26-24-22-20-18-16-14-12-10-8-6-4-2/h17-20,37H,3-16,21-36H2,1-2H3/b19-17+,20-18+/t37-/m0/s1. The summed E-state index contributed by atoms with van der Waals surface area (Å²) in [5, 5.41) is 0. The Hall–Kier alpha value is -1.29. The van der Waals surface area contributed by atoms with Gasteiger partial charge in [0.2, 0.25) is 0 Å². The molecule has 0 aliphatic carbocycles. The number of hydrogen-bond donors (Lipinski definition) is 0. The second-order valence-electron chi connectivity index (χ2n) is 12.6. The first-order chi connectivity index (χ1) is 21.6. The zero-order valence-corrected chi connectivity index (χ0v) is 29.9. The summed E-state index contributed by atoms with van der Waals surface area (Å²) in [5.41, 5.74) is 0. The first kappa shape index (κ1) is 42.7. The quantitative estimate of drug-likeness (QED) is 0.0304. The second-order valence-corrected chi connectivity index (χ2v) is 12.9. The van der Waals surface area contributed by atoms with Gasteiger partial charge in [0.1, 0.15) is 12.7 Å². The van der Waals surface area contributed by atoms with E-state index < -0.39 is 6.10 Å². The zero-order valence-electron chi connectivity index (χ0n) is 29.1. The predicted octanol–water partition coefficient (Wildman–Crippen LogP) is 12.8. The van der Waals surface area contributed by atoms with Crippen LogP contribution in [0, 0.1) is 0 Å². The lowest BCUT2D eigenvalue weighted by atomic mass is 10.1. The number of esters is 2. The van der Waals surface area contributed by atoms with E-state index in [0.717, 1.165) is 51.4 Å². The van der Waals surface area contributed by atoms with Crippen molar-refractivity contribution in [1.29, 1.82) is 0 Å². The van der Waals surface area contributed by atoms with Crippen LogP contribution in [0.2, 0.25) is 0 Å². The van der Waals surface area contributed by atoms with Gasteiger partial charge in [0.05, 0.1) is 5.88 Å². The molecule has 0 radical (unpaired) electrons. The second kappa shape index (κ2) is 36.2. The fraction of sp³-hybridized carbons (Fsp3) is 0.846. The highest BCUT2D eigenvalue weighted by atomic mass is 35.5. The van der Waals surface area contributed by atoms with E-state index in [4.69, 9.17) is 21.1 Å². The van der Waals surface area contributed by atoms with Crippen molar-refractivity contribution in [3.8, 4) is 0 Å². The van der Waals surface area contributed by atoms with Crippen LogP contribution < -0.4 is 0 Å². The van der Waals surface area contributed by atoms with Gasteiger partial charge in [-0.1, -0.05) is 141 Å². The van der Waals surface area contributed by atoms with Gasteiger partial charge in [0.15, 0.2) is 0 Å². The summed E-state index contributed by atoms with van der Waals surface area (Å²) in [6.45, 7) is 4.57. The molecule has 0 aliphatic rings. The van der Waals surface area contributed by atoms with E-state index in [2.05, 4.69) is 38.2 Å². The summed E-state index contributed by atoms with van der Waals surface area (Å²) in [4.78, 5) is 24.3. The minimum absolute atomic E-state index is 0.0471. The van der Waals surface area contributed by atoms with Crippen LogP contribution in [0.4, 0.5) is 0 Å². The highest BCUT2D eigenvalue weighted by molar-refractivity contribution is 6.18. The van der Waals surface area contributed by atoms with Gasteiger partial charge in [0.25, 0.3) is 0 Å². The number of allylic oxidation sites excluding steroid dienone is 4. The molecule has 0 aromatic rings. The van der Waals surface area contributed by atoms with Gasteiger partial charge in [-0.05, 0) is 64.2 Å². The van der Waals surface area contributed by atoms with Crippen molar-refractivity contribution in [2.75, 3.05) is 12.5 Å². The van der Waals surface area contributed by atoms with Gasteiger partial charge in [0, 0.05) is 12.8 Å². The lowest BCUT2D eigenvalue weighted by molar-refractivity contribution is -0.157. The van der Waals surface area contributed by atoms with Crippen molar-refractivity contribution in [1.82, 2.24) is 0 Å². The number of unbranched alkanes of at least 4 members (excludes halogenated alkanes) is 22. The molecule has 0 amide bonds. The van der Waals surface area contributed by atoms with Crippen molar-refractivity contribution in [3.63, 3.8) is 0 Å². The van der Waals surface area contributed by atoms with Crippen LogP contribution in [0.1, 0.15) is 194 Å². The van der Waals surface area contributed by atoms with E-state index in [-0.39, 0.29) is 24.4 Å². The number of hydrogen-bond acceptors (Lipinski definition) is 4.